The zero-order valence-corrected chi connectivity index (χ0v) is 35.3. The average molecular weight is 862 g/mol. The number of benzene rings is 4. The normalized spacial score (nSPS) is 16.1. The Kier molecular flexibility index (Phi) is 11.7. The van der Waals surface area contributed by atoms with Crippen molar-refractivity contribution in [3.63, 3.8) is 0 Å². The van der Waals surface area contributed by atoms with E-state index in [4.69, 9.17) is 41.8 Å². The first kappa shape index (κ1) is 41.4. The predicted molar refractivity (Wildman–Crippen MR) is 228 cm³/mol. The lowest BCUT2D eigenvalue weighted by Gasteiger charge is -2.37. The van der Waals surface area contributed by atoms with Crippen LogP contribution in [0.5, 0.6) is 17.2 Å². The molecular weight excluding hydrogens is 819 g/mol. The molecule has 8 rings (SSSR count). The highest BCUT2D eigenvalue weighted by molar-refractivity contribution is 6.42. The summed E-state index contributed by atoms with van der Waals surface area (Å²) in [6.07, 6.45) is 1.41. The molecule has 6 aromatic rings. The Bertz CT molecular complexity index is 2660. The monoisotopic (exact) mass is 860 g/mol. The van der Waals surface area contributed by atoms with Gasteiger partial charge < -0.3 is 34.0 Å². The van der Waals surface area contributed by atoms with Crippen molar-refractivity contribution in [1.29, 1.82) is 0 Å². The molecule has 61 heavy (non-hydrogen) atoms. The number of nitrogens with zero attached hydrogens (tertiary/aromatic N) is 3. The summed E-state index contributed by atoms with van der Waals surface area (Å²) in [7, 11) is 0. The minimum absolute atomic E-state index is 0.0179. The Balaban J connectivity index is 1.01. The van der Waals surface area contributed by atoms with Crippen molar-refractivity contribution in [3.05, 3.63) is 158 Å². The molecule has 312 valence electrons. The van der Waals surface area contributed by atoms with Crippen LogP contribution in [0.25, 0.3) is 11.1 Å². The van der Waals surface area contributed by atoms with Crippen LogP contribution in [0, 0.1) is 27.7 Å². The Morgan fingerprint density at radius 1 is 0.918 bits per heavy atom. The fourth-order valence-electron chi connectivity index (χ4n) is 7.70. The number of pyridine rings is 1. The lowest BCUT2D eigenvalue weighted by Crippen LogP contribution is -2.56. The SMILES string of the molecule is Cc1nc(C(=O)N2Cc3cc4c(cc3C[C@H]2C(=O)NC(Cc2ccc(-c3ccnc(C)c3C)cc2)C(=O)O)OC[C@H](c2cccc(OCc3ccc(Cl)c(Cl)c3)c2)O4)c(C)o1. The standard InChI is InChI=1S/C47H42Cl2N4O8/c1-25-26(2)50-15-14-36(25)31-11-8-29(9-12-31)17-39(47(56)57)52-45(54)40-19-33-20-41-42(21-34(33)22-53(40)46(55)44-27(3)60-28(4)51-44)61-43(24-59-41)32-6-5-7-35(18-32)58-23-30-10-13-37(48)38(49)16-30/h5-16,18,20-21,39-40,43H,17,19,22-24H2,1-4H3,(H,52,54)(H,56,57)/t39?,40-,43+/m0/s1. The van der Waals surface area contributed by atoms with E-state index >= 15 is 0 Å². The number of aromatic nitrogens is 2. The van der Waals surface area contributed by atoms with Gasteiger partial charge >= 0.3 is 5.97 Å². The number of carbonyl (C=O) groups is 3. The van der Waals surface area contributed by atoms with E-state index in [0.717, 1.165) is 50.2 Å². The maximum atomic E-state index is 14.2. The Morgan fingerprint density at radius 2 is 1.69 bits per heavy atom. The number of carboxylic acids is 1. The van der Waals surface area contributed by atoms with Gasteiger partial charge in [-0.05, 0) is 108 Å². The van der Waals surface area contributed by atoms with Gasteiger partial charge in [0.15, 0.2) is 29.2 Å². The van der Waals surface area contributed by atoms with Crippen LogP contribution < -0.4 is 19.5 Å². The predicted octanol–water partition coefficient (Wildman–Crippen LogP) is 8.75. The molecule has 2 amide bonds. The van der Waals surface area contributed by atoms with E-state index in [1.54, 1.807) is 32.2 Å². The topological polar surface area (TPSA) is 153 Å². The third kappa shape index (κ3) is 8.92. The molecule has 14 heteroatoms. The number of aryl methyl sites for hydroxylation is 3. The van der Waals surface area contributed by atoms with Gasteiger partial charge in [0.1, 0.15) is 36.8 Å². The van der Waals surface area contributed by atoms with Gasteiger partial charge in [0.2, 0.25) is 5.91 Å². The lowest BCUT2D eigenvalue weighted by atomic mass is 9.91. The van der Waals surface area contributed by atoms with Gasteiger partial charge in [-0.3, -0.25) is 14.6 Å². The van der Waals surface area contributed by atoms with Gasteiger partial charge in [-0.1, -0.05) is 65.7 Å². The fraction of sp³-hybridized carbons (Fsp3) is 0.255. The first-order chi connectivity index (χ1) is 29.3. The van der Waals surface area contributed by atoms with Gasteiger partial charge in [-0.25, -0.2) is 9.78 Å². The number of rotatable bonds is 11. The number of aliphatic carboxylic acids is 1. The lowest BCUT2D eigenvalue weighted by molar-refractivity contribution is -0.142. The number of hydrogen-bond donors (Lipinski definition) is 2. The first-order valence-electron chi connectivity index (χ1n) is 19.7. The van der Waals surface area contributed by atoms with Crippen molar-refractivity contribution >= 4 is 41.0 Å². The van der Waals surface area contributed by atoms with Crippen LogP contribution in [0.2, 0.25) is 10.0 Å². The van der Waals surface area contributed by atoms with Crippen molar-refractivity contribution in [1.82, 2.24) is 20.2 Å². The summed E-state index contributed by atoms with van der Waals surface area (Å²) in [5, 5.41) is 14.0. The summed E-state index contributed by atoms with van der Waals surface area (Å²) in [4.78, 5) is 51.2. The molecule has 0 bridgehead atoms. The number of carboxylic acid groups (broad SMARTS) is 1. The number of carbonyl (C=O) groups excluding carboxylic acids is 2. The van der Waals surface area contributed by atoms with E-state index in [1.165, 1.54) is 4.90 Å². The minimum atomic E-state index is -1.27. The highest BCUT2D eigenvalue weighted by Crippen LogP contribution is 2.41. The molecule has 1 unspecified atom stereocenters. The fourth-order valence-corrected chi connectivity index (χ4v) is 8.02. The largest absolute Gasteiger partial charge is 0.489 e. The van der Waals surface area contributed by atoms with Gasteiger partial charge in [-0.2, -0.15) is 0 Å². The second-order valence-electron chi connectivity index (χ2n) is 15.3. The molecule has 0 fully saturated rings. The van der Waals surface area contributed by atoms with Gasteiger partial charge in [0, 0.05) is 38.2 Å². The molecule has 12 nitrogen and oxygen atoms in total. The number of fused-ring (bicyclic) bond motifs is 2. The average Bonchev–Trinajstić information content (AvgIpc) is 3.60. The molecule has 0 aliphatic carbocycles. The number of ether oxygens (including phenoxy) is 3. The van der Waals surface area contributed by atoms with E-state index in [-0.39, 0.29) is 38.3 Å². The molecule has 2 aliphatic heterocycles. The van der Waals surface area contributed by atoms with E-state index in [1.807, 2.05) is 86.6 Å². The van der Waals surface area contributed by atoms with Crippen LogP contribution >= 0.6 is 23.2 Å². The first-order valence-corrected chi connectivity index (χ1v) is 20.5. The summed E-state index contributed by atoms with van der Waals surface area (Å²) in [5.41, 5.74) is 8.00. The second kappa shape index (κ2) is 17.3. The Hall–Kier alpha value is -6.37. The van der Waals surface area contributed by atoms with E-state index in [9.17, 15) is 19.5 Å². The van der Waals surface area contributed by atoms with Crippen molar-refractivity contribution in [2.75, 3.05) is 6.61 Å². The molecule has 4 heterocycles. The highest BCUT2D eigenvalue weighted by atomic mass is 35.5. The molecule has 0 spiro atoms. The molecule has 3 atom stereocenters. The Labute approximate surface area is 362 Å². The van der Waals surface area contributed by atoms with E-state index in [2.05, 4.69) is 15.3 Å². The third-order valence-electron chi connectivity index (χ3n) is 11.1. The maximum absolute atomic E-state index is 14.2. The number of oxazole rings is 1. The van der Waals surface area contributed by atoms with Crippen LogP contribution in [0.1, 0.15) is 67.3 Å². The maximum Gasteiger partial charge on any atom is 0.326 e. The van der Waals surface area contributed by atoms with Crippen molar-refractivity contribution in [2.45, 2.75) is 71.9 Å². The summed E-state index contributed by atoms with van der Waals surface area (Å²) < 4.78 is 24.4. The zero-order chi connectivity index (χ0) is 42.9. The molecule has 0 saturated heterocycles. The Morgan fingerprint density at radius 3 is 2.43 bits per heavy atom. The molecular formula is C47H42Cl2N4O8. The van der Waals surface area contributed by atoms with E-state index in [0.29, 0.717) is 38.9 Å². The summed E-state index contributed by atoms with van der Waals surface area (Å²) in [6, 6.07) is 23.7. The van der Waals surface area contributed by atoms with Crippen molar-refractivity contribution in [2.24, 2.45) is 0 Å². The van der Waals surface area contributed by atoms with Crippen molar-refractivity contribution < 1.29 is 38.1 Å². The van der Waals surface area contributed by atoms with Crippen LogP contribution in [-0.4, -0.2) is 56.4 Å². The van der Waals surface area contributed by atoms with Crippen LogP contribution in [0.3, 0.4) is 0 Å². The number of amides is 2. The molecule has 0 saturated carbocycles. The smallest absolute Gasteiger partial charge is 0.326 e. The quantitative estimate of drug-likeness (QED) is 0.129. The minimum Gasteiger partial charge on any atom is -0.489 e. The van der Waals surface area contributed by atoms with Crippen molar-refractivity contribution in [3.8, 4) is 28.4 Å². The third-order valence-corrected chi connectivity index (χ3v) is 11.9. The summed E-state index contributed by atoms with van der Waals surface area (Å²) in [5.74, 6) is -0.110. The molecule has 2 aliphatic rings. The second-order valence-corrected chi connectivity index (χ2v) is 16.1. The zero-order valence-electron chi connectivity index (χ0n) is 33.8. The molecule has 2 aromatic heterocycles. The number of hydrogen-bond acceptors (Lipinski definition) is 9. The van der Waals surface area contributed by atoms with Crippen LogP contribution in [0.15, 0.2) is 95.5 Å². The summed E-state index contributed by atoms with van der Waals surface area (Å²) in [6.45, 7) is 7.76. The number of halogens is 2. The highest BCUT2D eigenvalue weighted by Gasteiger charge is 2.39. The van der Waals surface area contributed by atoms with Crippen LogP contribution in [-0.2, 0) is 35.6 Å². The molecule has 0 radical (unpaired) electrons. The number of nitrogens with one attached hydrogen (secondary N) is 1. The summed E-state index contributed by atoms with van der Waals surface area (Å²) >= 11 is 12.2. The van der Waals surface area contributed by atoms with Gasteiger partial charge in [-0.15, -0.1) is 0 Å². The van der Waals surface area contributed by atoms with E-state index < -0.39 is 36.0 Å². The molecule has 2 N–H and O–H groups in total. The van der Waals surface area contributed by atoms with Gasteiger partial charge in [0.05, 0.1) is 10.0 Å². The van der Waals surface area contributed by atoms with Gasteiger partial charge in [0.25, 0.3) is 5.91 Å². The molecule has 4 aromatic carbocycles. The van der Waals surface area contributed by atoms with Crippen LogP contribution in [0.4, 0.5) is 0 Å².